The Kier molecular flexibility index (Phi) is 7.75. The summed E-state index contributed by atoms with van der Waals surface area (Å²) in [7, 11) is 0. The summed E-state index contributed by atoms with van der Waals surface area (Å²) >= 11 is 12.8. The summed E-state index contributed by atoms with van der Waals surface area (Å²) in [5, 5.41) is 13.0. The monoisotopic (exact) mass is 728 g/mol. The van der Waals surface area contributed by atoms with Gasteiger partial charge in [-0.3, -0.25) is 29.3 Å². The number of esters is 1. The summed E-state index contributed by atoms with van der Waals surface area (Å²) in [5.41, 5.74) is -0.703. The number of nitro groups is 1. The Labute approximate surface area is 307 Å². The number of anilines is 1. The highest BCUT2D eigenvalue weighted by Gasteiger charge is 2.82. The van der Waals surface area contributed by atoms with Crippen molar-refractivity contribution in [3.8, 4) is 5.75 Å². The zero-order valence-corrected chi connectivity index (χ0v) is 28.8. The Morgan fingerprint density at radius 2 is 1.13 bits per heavy atom. The lowest BCUT2D eigenvalue weighted by atomic mass is 9.59. The number of ketones is 1. The molecule has 0 aromatic heterocycles. The fraction of sp³-hybridized carbons (Fsp3) is 0.122. The van der Waals surface area contributed by atoms with Gasteiger partial charge in [-0.25, -0.2) is 4.90 Å². The second-order valence-corrected chi connectivity index (χ2v) is 13.8. The predicted octanol–water partition coefficient (Wildman–Crippen LogP) is 8.02. The molecule has 2 aliphatic carbocycles. The molecule has 5 aromatic rings. The van der Waals surface area contributed by atoms with E-state index >= 15 is 14.4 Å². The van der Waals surface area contributed by atoms with Crippen LogP contribution in [0, 0.1) is 22.0 Å². The predicted molar refractivity (Wildman–Crippen MR) is 195 cm³/mol. The summed E-state index contributed by atoms with van der Waals surface area (Å²) < 4.78 is 5.06. The molecule has 1 saturated carbocycles. The topological polar surface area (TPSA) is 124 Å². The molecule has 0 N–H and O–H groups in total. The van der Waals surface area contributed by atoms with Crippen molar-refractivity contribution < 1.29 is 28.8 Å². The Morgan fingerprint density at radius 1 is 0.692 bits per heavy atom. The molecule has 1 heterocycles. The molecule has 5 aromatic carbocycles. The van der Waals surface area contributed by atoms with Crippen molar-refractivity contribution >= 4 is 69.3 Å². The minimum atomic E-state index is -1.72. The highest BCUT2D eigenvalue weighted by Crippen LogP contribution is 2.74. The zero-order chi connectivity index (χ0) is 36.5. The van der Waals surface area contributed by atoms with E-state index in [1.807, 2.05) is 60.7 Å². The van der Waals surface area contributed by atoms with E-state index < -0.39 is 51.1 Å². The van der Waals surface area contributed by atoms with Crippen LogP contribution < -0.4 is 9.64 Å². The Morgan fingerprint density at radius 3 is 1.54 bits per heavy atom. The van der Waals surface area contributed by atoms with Gasteiger partial charge in [-0.1, -0.05) is 108 Å². The average Bonchev–Trinajstić information content (AvgIpc) is 3.65. The number of carbonyl (C=O) groups is 4. The van der Waals surface area contributed by atoms with Crippen molar-refractivity contribution in [3.63, 3.8) is 0 Å². The Hall–Kier alpha value is -5.90. The quantitative estimate of drug-likeness (QED) is 0.0547. The van der Waals surface area contributed by atoms with Crippen molar-refractivity contribution in [3.05, 3.63) is 170 Å². The first-order valence-electron chi connectivity index (χ1n) is 16.3. The van der Waals surface area contributed by atoms with Gasteiger partial charge in [0.2, 0.25) is 17.6 Å². The fourth-order valence-electron chi connectivity index (χ4n) is 8.64. The molecule has 11 heteroatoms. The van der Waals surface area contributed by atoms with Crippen LogP contribution in [-0.4, -0.2) is 28.5 Å². The van der Waals surface area contributed by atoms with Crippen molar-refractivity contribution in [1.29, 1.82) is 0 Å². The van der Waals surface area contributed by atoms with Crippen LogP contribution in [0.15, 0.2) is 127 Å². The number of nitrogens with zero attached hydrogens (tertiary/aromatic N) is 2. The number of allylic oxidation sites excluding steroid dienone is 2. The molecule has 0 radical (unpaired) electrons. The number of hydrogen-bond acceptors (Lipinski definition) is 7. The SMILES string of the molecule is CC(=O)Oc1ccc(N2C(=O)[C@@H]3[C@@H](C2=O)[C@@]2(c4ccc(Cl)cc4)C(=O)[C@@]3(c3ccc(Cl)cc3)C(c3ccccc3)=C2c2ccccc2)cc1[N+](=O)[O-]. The van der Waals surface area contributed by atoms with E-state index in [2.05, 4.69) is 0 Å². The van der Waals surface area contributed by atoms with Gasteiger partial charge in [0.25, 0.3) is 0 Å². The van der Waals surface area contributed by atoms with Gasteiger partial charge in [-0.05, 0) is 69.8 Å². The molecule has 1 saturated heterocycles. The van der Waals surface area contributed by atoms with E-state index in [0.29, 0.717) is 43.4 Å². The second-order valence-electron chi connectivity index (χ2n) is 12.9. The summed E-state index contributed by atoms with van der Waals surface area (Å²) in [4.78, 5) is 70.5. The first kappa shape index (κ1) is 33.3. The van der Waals surface area contributed by atoms with E-state index in [1.54, 1.807) is 48.5 Å². The molecular formula is C41H26Cl2N2O7. The largest absolute Gasteiger partial charge is 0.419 e. The summed E-state index contributed by atoms with van der Waals surface area (Å²) in [6.07, 6.45) is 0. The standard InChI is InChI=1S/C41H26Cl2N2O7/c1-23(46)52-32-21-20-30(22-31(32)45(50)51)44-37(47)35-36(38(44)48)41(27-14-18-29(43)19-15-27)34(25-10-6-3-7-11-25)33(24-8-4-2-5-9-24)40(35,39(41)49)26-12-16-28(42)17-13-26/h2-22,35-36H,1H3/t35-,36-,40-,41-/m0/s1. The highest BCUT2D eigenvalue weighted by molar-refractivity contribution is 6.39. The lowest BCUT2D eigenvalue weighted by Crippen LogP contribution is -2.45. The van der Waals surface area contributed by atoms with Crippen molar-refractivity contribution in [2.75, 3.05) is 4.90 Å². The minimum absolute atomic E-state index is 0.0983. The number of Topliss-reactive ketones (excluding diaryl/α,β-unsaturated/α-hetero) is 1. The molecule has 8 rings (SSSR count). The number of imide groups is 1. The number of amides is 2. The maximum absolute atomic E-state index is 16.0. The third kappa shape index (κ3) is 4.49. The van der Waals surface area contributed by atoms with Crippen molar-refractivity contribution in [2.24, 2.45) is 11.8 Å². The van der Waals surface area contributed by atoms with Gasteiger partial charge in [0.15, 0.2) is 5.78 Å². The molecule has 2 amide bonds. The zero-order valence-electron chi connectivity index (χ0n) is 27.3. The Bertz CT molecular complexity index is 2250. The van der Waals surface area contributed by atoms with Gasteiger partial charge in [-0.15, -0.1) is 0 Å². The van der Waals surface area contributed by atoms with Gasteiger partial charge >= 0.3 is 11.7 Å². The van der Waals surface area contributed by atoms with Gasteiger partial charge < -0.3 is 4.74 Å². The first-order chi connectivity index (χ1) is 25.0. The minimum Gasteiger partial charge on any atom is -0.419 e. The average molecular weight is 730 g/mol. The summed E-state index contributed by atoms with van der Waals surface area (Å²) in [5.74, 6) is -5.44. The normalized spacial score (nSPS) is 23.3. The second kappa shape index (κ2) is 12.1. The van der Waals surface area contributed by atoms with Crippen molar-refractivity contribution in [2.45, 2.75) is 17.8 Å². The van der Waals surface area contributed by atoms with Crippen molar-refractivity contribution in [1.82, 2.24) is 0 Å². The van der Waals surface area contributed by atoms with Crippen LogP contribution in [0.2, 0.25) is 10.0 Å². The van der Waals surface area contributed by atoms with Crippen LogP contribution in [-0.2, 0) is 30.0 Å². The van der Waals surface area contributed by atoms with E-state index in [0.717, 1.165) is 17.9 Å². The lowest BCUT2D eigenvalue weighted by Gasteiger charge is -2.39. The van der Waals surface area contributed by atoms with E-state index in [-0.39, 0.29) is 17.2 Å². The van der Waals surface area contributed by atoms with Gasteiger partial charge in [-0.2, -0.15) is 0 Å². The van der Waals surface area contributed by atoms with Crippen LogP contribution in [0.1, 0.15) is 29.2 Å². The van der Waals surface area contributed by atoms with Gasteiger partial charge in [0, 0.05) is 23.0 Å². The molecule has 9 nitrogen and oxygen atoms in total. The maximum Gasteiger partial charge on any atom is 0.313 e. The van der Waals surface area contributed by atoms with Gasteiger partial charge in [0.05, 0.1) is 33.3 Å². The van der Waals surface area contributed by atoms with E-state index in [1.165, 1.54) is 12.1 Å². The molecular weight excluding hydrogens is 703 g/mol. The molecule has 0 unspecified atom stereocenters. The highest BCUT2D eigenvalue weighted by atomic mass is 35.5. The molecule has 0 spiro atoms. The number of ether oxygens (including phenoxy) is 1. The van der Waals surface area contributed by atoms with Crippen LogP contribution in [0.25, 0.3) is 11.1 Å². The maximum atomic E-state index is 16.0. The molecule has 3 aliphatic rings. The van der Waals surface area contributed by atoms with Crippen LogP contribution >= 0.6 is 23.2 Å². The fourth-order valence-corrected chi connectivity index (χ4v) is 8.89. The molecule has 256 valence electrons. The van der Waals surface area contributed by atoms with Gasteiger partial charge in [0.1, 0.15) is 0 Å². The number of hydrogen-bond donors (Lipinski definition) is 0. The van der Waals surface area contributed by atoms with Crippen LogP contribution in [0.3, 0.4) is 0 Å². The lowest BCUT2D eigenvalue weighted by molar-refractivity contribution is -0.385. The smallest absolute Gasteiger partial charge is 0.313 e. The van der Waals surface area contributed by atoms with Crippen LogP contribution in [0.5, 0.6) is 5.75 Å². The Balaban J connectivity index is 1.49. The number of nitro benzene ring substituents is 1. The molecule has 2 bridgehead atoms. The van der Waals surface area contributed by atoms with Crippen LogP contribution in [0.4, 0.5) is 11.4 Å². The number of benzene rings is 5. The van der Waals surface area contributed by atoms with E-state index in [4.69, 9.17) is 27.9 Å². The van der Waals surface area contributed by atoms with E-state index in [9.17, 15) is 14.9 Å². The molecule has 52 heavy (non-hydrogen) atoms. The molecule has 4 atom stereocenters. The third-order valence-corrected chi connectivity index (χ3v) is 10.9. The number of carbonyl (C=O) groups excluding carboxylic acids is 4. The molecule has 2 fully saturated rings. The first-order valence-corrected chi connectivity index (χ1v) is 17.1. The third-order valence-electron chi connectivity index (χ3n) is 10.4. The number of fused-ring (bicyclic) bond motifs is 5. The summed E-state index contributed by atoms with van der Waals surface area (Å²) in [6, 6.07) is 35.6. The summed E-state index contributed by atoms with van der Waals surface area (Å²) in [6.45, 7) is 1.10. The molecule has 1 aliphatic heterocycles. The number of halogens is 2. The number of rotatable bonds is 7.